The molecule has 0 heterocycles. The minimum atomic E-state index is -0.654. The van der Waals surface area contributed by atoms with Crippen molar-refractivity contribution in [1.29, 1.82) is 5.26 Å². The van der Waals surface area contributed by atoms with Crippen LogP contribution in [0.25, 0.3) is 0 Å². The van der Waals surface area contributed by atoms with Crippen molar-refractivity contribution < 1.29 is 19.1 Å². The number of para-hydroxylation sites is 1. The summed E-state index contributed by atoms with van der Waals surface area (Å²) in [7, 11) is 1.46. The van der Waals surface area contributed by atoms with E-state index in [1.54, 1.807) is 36.4 Å². The average Bonchev–Trinajstić information content (AvgIpc) is 2.64. The quantitative estimate of drug-likeness (QED) is 0.598. The monoisotopic (exact) mass is 338 g/mol. The zero-order valence-corrected chi connectivity index (χ0v) is 14.1. The molecule has 0 bridgehead atoms. The van der Waals surface area contributed by atoms with E-state index in [9.17, 15) is 9.59 Å². The highest BCUT2D eigenvalue weighted by Gasteiger charge is 2.19. The molecule has 0 radical (unpaired) electrons. The second kappa shape index (κ2) is 8.50. The molecule has 0 atom stereocenters. The summed E-state index contributed by atoms with van der Waals surface area (Å²) in [6.45, 7) is 1.24. The Morgan fingerprint density at radius 2 is 1.88 bits per heavy atom. The Morgan fingerprint density at radius 3 is 2.52 bits per heavy atom. The van der Waals surface area contributed by atoms with Gasteiger partial charge < -0.3 is 9.47 Å². The van der Waals surface area contributed by atoms with Gasteiger partial charge in [0.15, 0.2) is 6.61 Å². The lowest BCUT2D eigenvalue weighted by Gasteiger charge is -2.19. The summed E-state index contributed by atoms with van der Waals surface area (Å²) in [6, 6.07) is 15.8. The van der Waals surface area contributed by atoms with Gasteiger partial charge in [-0.3, -0.25) is 9.69 Å². The fourth-order valence-corrected chi connectivity index (χ4v) is 2.27. The Kier molecular flexibility index (Phi) is 6.13. The van der Waals surface area contributed by atoms with Gasteiger partial charge in [-0.15, -0.1) is 0 Å². The Balaban J connectivity index is 2.09. The highest BCUT2D eigenvalue weighted by Crippen LogP contribution is 2.21. The topological polar surface area (TPSA) is 79.6 Å². The van der Waals surface area contributed by atoms with Crippen molar-refractivity contribution in [3.05, 3.63) is 59.7 Å². The first-order valence-corrected chi connectivity index (χ1v) is 7.61. The maximum atomic E-state index is 12.4. The summed E-state index contributed by atoms with van der Waals surface area (Å²) in [5.41, 5.74) is 1.69. The molecule has 0 fully saturated rings. The van der Waals surface area contributed by atoms with Crippen LogP contribution in [0.1, 0.15) is 15.9 Å². The molecule has 2 rings (SSSR count). The molecule has 128 valence electrons. The zero-order valence-electron chi connectivity index (χ0n) is 14.1. The standard InChI is InChI=1S/C19H18N2O4/c1-14-8-9-17(24-2)16(12-14)19(23)25-13-18(22)21(11-10-20)15-6-4-3-5-7-15/h3-9,12H,11,13H2,1-2H3. The fourth-order valence-electron chi connectivity index (χ4n) is 2.27. The summed E-state index contributed by atoms with van der Waals surface area (Å²) in [5, 5.41) is 8.93. The van der Waals surface area contributed by atoms with E-state index in [1.165, 1.54) is 12.0 Å². The molecule has 0 saturated carbocycles. The van der Waals surface area contributed by atoms with Gasteiger partial charge in [-0.25, -0.2) is 4.79 Å². The number of amides is 1. The summed E-state index contributed by atoms with van der Waals surface area (Å²) in [5.74, 6) is -0.758. The van der Waals surface area contributed by atoms with Crippen LogP contribution in [0.4, 0.5) is 5.69 Å². The molecule has 0 aliphatic rings. The maximum Gasteiger partial charge on any atom is 0.342 e. The molecule has 0 saturated heterocycles. The molecule has 0 spiro atoms. The third-order valence-electron chi connectivity index (χ3n) is 3.50. The summed E-state index contributed by atoms with van der Waals surface area (Å²) >= 11 is 0. The second-order valence-electron chi connectivity index (χ2n) is 5.25. The molecular weight excluding hydrogens is 320 g/mol. The van der Waals surface area contributed by atoms with Gasteiger partial charge in [-0.1, -0.05) is 29.8 Å². The molecule has 0 unspecified atom stereocenters. The number of rotatable bonds is 6. The van der Waals surface area contributed by atoms with E-state index < -0.39 is 18.5 Å². The molecule has 0 aliphatic heterocycles. The molecule has 2 aromatic rings. The van der Waals surface area contributed by atoms with Crippen molar-refractivity contribution in [1.82, 2.24) is 0 Å². The number of hydrogen-bond donors (Lipinski definition) is 0. The van der Waals surface area contributed by atoms with Gasteiger partial charge in [0.2, 0.25) is 0 Å². The van der Waals surface area contributed by atoms with E-state index >= 15 is 0 Å². The van der Waals surface area contributed by atoms with Gasteiger partial charge in [0, 0.05) is 5.69 Å². The molecule has 1 amide bonds. The largest absolute Gasteiger partial charge is 0.496 e. The molecular formula is C19H18N2O4. The first-order valence-electron chi connectivity index (χ1n) is 7.61. The Labute approximate surface area is 146 Å². The predicted octanol–water partition coefficient (Wildman–Crippen LogP) is 2.72. The van der Waals surface area contributed by atoms with Crippen molar-refractivity contribution in [2.45, 2.75) is 6.92 Å². The number of anilines is 1. The van der Waals surface area contributed by atoms with Crippen molar-refractivity contribution in [2.24, 2.45) is 0 Å². The lowest BCUT2D eigenvalue weighted by molar-refractivity contribution is -0.121. The molecule has 2 aromatic carbocycles. The first kappa shape index (κ1) is 18.0. The fraction of sp³-hybridized carbons (Fsp3) is 0.211. The molecule has 6 nitrogen and oxygen atoms in total. The molecule has 0 N–H and O–H groups in total. The summed E-state index contributed by atoms with van der Waals surface area (Å²) in [4.78, 5) is 25.9. The van der Waals surface area contributed by atoms with Crippen LogP contribution in [0.15, 0.2) is 48.5 Å². The van der Waals surface area contributed by atoms with Crippen molar-refractivity contribution in [3.63, 3.8) is 0 Å². The third-order valence-corrected chi connectivity index (χ3v) is 3.50. The summed E-state index contributed by atoms with van der Waals surface area (Å²) in [6.07, 6.45) is 0. The lowest BCUT2D eigenvalue weighted by atomic mass is 10.1. The Morgan fingerprint density at radius 1 is 1.16 bits per heavy atom. The number of benzene rings is 2. The number of methoxy groups -OCH3 is 1. The highest BCUT2D eigenvalue weighted by atomic mass is 16.5. The van der Waals surface area contributed by atoms with Crippen LogP contribution in [-0.2, 0) is 9.53 Å². The van der Waals surface area contributed by atoms with Crippen molar-refractivity contribution in [2.75, 3.05) is 25.2 Å². The van der Waals surface area contributed by atoms with Crippen LogP contribution in [0, 0.1) is 18.3 Å². The number of carbonyl (C=O) groups excluding carboxylic acids is 2. The molecule has 0 aliphatic carbocycles. The smallest absolute Gasteiger partial charge is 0.342 e. The molecule has 6 heteroatoms. The van der Waals surface area contributed by atoms with Crippen molar-refractivity contribution >= 4 is 17.6 Å². The molecule has 25 heavy (non-hydrogen) atoms. The van der Waals surface area contributed by atoms with E-state index in [4.69, 9.17) is 14.7 Å². The van der Waals surface area contributed by atoms with Crippen molar-refractivity contribution in [3.8, 4) is 11.8 Å². The van der Waals surface area contributed by atoms with E-state index in [0.717, 1.165) is 5.56 Å². The van der Waals surface area contributed by atoms with Gasteiger partial charge in [-0.2, -0.15) is 5.26 Å². The number of hydrogen-bond acceptors (Lipinski definition) is 5. The average molecular weight is 338 g/mol. The van der Waals surface area contributed by atoms with Crippen LogP contribution in [0.5, 0.6) is 5.75 Å². The normalized spacial score (nSPS) is 9.80. The highest BCUT2D eigenvalue weighted by molar-refractivity contribution is 5.98. The van der Waals surface area contributed by atoms with Crippen LogP contribution >= 0.6 is 0 Å². The Hall–Kier alpha value is -3.33. The van der Waals surface area contributed by atoms with Crippen LogP contribution in [0.2, 0.25) is 0 Å². The first-order chi connectivity index (χ1) is 12.1. The van der Waals surface area contributed by atoms with E-state index in [-0.39, 0.29) is 12.1 Å². The number of aryl methyl sites for hydroxylation is 1. The van der Waals surface area contributed by atoms with Gasteiger partial charge in [0.05, 0.1) is 13.2 Å². The third kappa shape index (κ3) is 4.58. The van der Waals surface area contributed by atoms with E-state index in [2.05, 4.69) is 0 Å². The number of nitriles is 1. The SMILES string of the molecule is COc1ccc(C)cc1C(=O)OCC(=O)N(CC#N)c1ccccc1. The van der Waals surface area contributed by atoms with Crippen LogP contribution < -0.4 is 9.64 Å². The number of ether oxygens (including phenoxy) is 2. The van der Waals surface area contributed by atoms with E-state index in [0.29, 0.717) is 11.4 Å². The maximum absolute atomic E-state index is 12.4. The van der Waals surface area contributed by atoms with Gasteiger partial charge in [0.1, 0.15) is 17.9 Å². The zero-order chi connectivity index (χ0) is 18.2. The number of nitrogens with zero attached hydrogens (tertiary/aromatic N) is 2. The van der Waals surface area contributed by atoms with Crippen LogP contribution in [0.3, 0.4) is 0 Å². The minimum Gasteiger partial charge on any atom is -0.496 e. The van der Waals surface area contributed by atoms with Gasteiger partial charge in [-0.05, 0) is 31.2 Å². The minimum absolute atomic E-state index is 0.131. The van der Waals surface area contributed by atoms with E-state index in [1.807, 2.05) is 25.1 Å². The van der Waals surface area contributed by atoms with Gasteiger partial charge in [0.25, 0.3) is 5.91 Å². The number of carbonyl (C=O) groups is 2. The lowest BCUT2D eigenvalue weighted by Crippen LogP contribution is -2.35. The Bertz CT molecular complexity index is 797. The predicted molar refractivity (Wildman–Crippen MR) is 92.4 cm³/mol. The second-order valence-corrected chi connectivity index (χ2v) is 5.25. The van der Waals surface area contributed by atoms with Gasteiger partial charge >= 0.3 is 5.97 Å². The number of esters is 1. The summed E-state index contributed by atoms with van der Waals surface area (Å²) < 4.78 is 10.3. The molecule has 0 aromatic heterocycles. The van der Waals surface area contributed by atoms with Crippen LogP contribution in [-0.4, -0.2) is 32.1 Å².